The molecule has 2 amide bonds. The Morgan fingerprint density at radius 1 is 0.952 bits per heavy atom. The number of para-hydroxylation sites is 1. The van der Waals surface area contributed by atoms with Gasteiger partial charge in [-0.3, -0.25) is 0 Å². The van der Waals surface area contributed by atoms with E-state index in [1.54, 1.807) is 36.4 Å². The van der Waals surface area contributed by atoms with E-state index in [0.29, 0.717) is 5.56 Å². The fourth-order valence-electron chi connectivity index (χ4n) is 2.45. The zero-order valence-corrected chi connectivity index (χ0v) is 10.7. The number of carbonyl (C=O) groups excluding carboxylic acids is 1. The molecule has 1 atom stereocenters. The summed E-state index contributed by atoms with van der Waals surface area (Å²) >= 11 is 0. The highest BCUT2D eigenvalue weighted by molar-refractivity contribution is 5.94. The lowest BCUT2D eigenvalue weighted by Gasteiger charge is -2.29. The number of nitrogens with one attached hydrogen (secondary N) is 2. The van der Waals surface area contributed by atoms with Crippen LogP contribution >= 0.6 is 0 Å². The van der Waals surface area contributed by atoms with E-state index in [0.717, 1.165) is 11.6 Å². The first-order chi connectivity index (χ1) is 9.97. The molecule has 0 aromatic heterocycles. The minimum Gasteiger partial charge on any atom is -0.327 e. The zero-order valence-electron chi connectivity index (χ0n) is 10.7. The van der Waals surface area contributed by atoms with Gasteiger partial charge in [-0.15, -0.1) is 0 Å². The van der Waals surface area contributed by atoms with Gasteiger partial charge in [-0.25, -0.2) is 4.79 Å². The van der Waals surface area contributed by atoms with E-state index >= 15 is 0 Å². The molecule has 1 aliphatic rings. The van der Waals surface area contributed by atoms with Gasteiger partial charge in [0, 0.05) is 5.56 Å². The first-order valence-electron chi connectivity index (χ1n) is 6.29. The van der Waals surface area contributed by atoms with Crippen LogP contribution in [-0.2, 0) is 6.18 Å². The third-order valence-corrected chi connectivity index (χ3v) is 3.36. The van der Waals surface area contributed by atoms with Crippen molar-refractivity contribution < 1.29 is 18.0 Å². The molecular weight excluding hydrogens is 281 g/mol. The Kier molecular flexibility index (Phi) is 3.08. The Morgan fingerprint density at radius 2 is 1.67 bits per heavy atom. The van der Waals surface area contributed by atoms with Gasteiger partial charge in [0.25, 0.3) is 0 Å². The van der Waals surface area contributed by atoms with Crippen LogP contribution in [0.4, 0.5) is 23.7 Å². The average Bonchev–Trinajstić information content (AvgIpc) is 2.45. The van der Waals surface area contributed by atoms with Crippen LogP contribution in [0.25, 0.3) is 0 Å². The van der Waals surface area contributed by atoms with E-state index < -0.39 is 23.8 Å². The summed E-state index contributed by atoms with van der Waals surface area (Å²) in [6.45, 7) is 0. The molecule has 0 radical (unpaired) electrons. The number of halogens is 3. The second-order valence-electron chi connectivity index (χ2n) is 4.71. The maximum Gasteiger partial charge on any atom is 0.418 e. The highest BCUT2D eigenvalue weighted by atomic mass is 19.4. The van der Waals surface area contributed by atoms with E-state index in [4.69, 9.17) is 0 Å². The predicted octanol–water partition coefficient (Wildman–Crippen LogP) is 3.93. The van der Waals surface area contributed by atoms with Crippen molar-refractivity contribution in [3.63, 3.8) is 0 Å². The Balaban J connectivity index is 2.16. The molecule has 108 valence electrons. The number of anilines is 1. The molecular formula is C15H11F3N2O. The lowest BCUT2D eigenvalue weighted by atomic mass is 9.93. The second-order valence-corrected chi connectivity index (χ2v) is 4.71. The summed E-state index contributed by atoms with van der Waals surface area (Å²) in [6.07, 6.45) is -4.52. The van der Waals surface area contributed by atoms with Gasteiger partial charge in [-0.1, -0.05) is 42.5 Å². The number of amides is 2. The Bertz CT molecular complexity index is 683. The van der Waals surface area contributed by atoms with Crippen molar-refractivity contribution in [2.75, 3.05) is 5.32 Å². The summed E-state index contributed by atoms with van der Waals surface area (Å²) in [4.78, 5) is 11.7. The van der Waals surface area contributed by atoms with Gasteiger partial charge >= 0.3 is 12.2 Å². The molecule has 0 saturated carbocycles. The first kappa shape index (κ1) is 13.5. The summed E-state index contributed by atoms with van der Waals surface area (Å²) in [7, 11) is 0. The zero-order chi connectivity index (χ0) is 15.0. The van der Waals surface area contributed by atoms with Gasteiger partial charge in [0.05, 0.1) is 17.3 Å². The molecule has 3 rings (SSSR count). The van der Waals surface area contributed by atoms with Crippen LogP contribution in [0.2, 0.25) is 0 Å². The molecule has 1 aliphatic heterocycles. The molecule has 0 fully saturated rings. The molecule has 2 aromatic rings. The number of fused-ring (bicyclic) bond motifs is 1. The smallest absolute Gasteiger partial charge is 0.327 e. The Morgan fingerprint density at radius 3 is 2.33 bits per heavy atom. The third kappa shape index (κ3) is 2.44. The summed E-state index contributed by atoms with van der Waals surface area (Å²) in [6, 6.07) is 11.5. The molecule has 6 heteroatoms. The molecule has 1 heterocycles. The van der Waals surface area contributed by atoms with Crippen LogP contribution in [0.5, 0.6) is 0 Å². The predicted molar refractivity (Wildman–Crippen MR) is 71.9 cm³/mol. The minimum absolute atomic E-state index is 0.178. The van der Waals surface area contributed by atoms with Crippen molar-refractivity contribution in [3.8, 4) is 0 Å². The van der Waals surface area contributed by atoms with Gasteiger partial charge in [0.15, 0.2) is 0 Å². The number of hydrogen-bond acceptors (Lipinski definition) is 1. The van der Waals surface area contributed by atoms with Crippen molar-refractivity contribution in [3.05, 3.63) is 65.2 Å². The summed E-state index contributed by atoms with van der Waals surface area (Å²) in [5.41, 5.74) is 0.113. The van der Waals surface area contributed by atoms with Gasteiger partial charge < -0.3 is 10.6 Å². The van der Waals surface area contributed by atoms with Crippen LogP contribution in [0.15, 0.2) is 48.5 Å². The van der Waals surface area contributed by atoms with E-state index in [1.165, 1.54) is 6.07 Å². The van der Waals surface area contributed by atoms with Crippen molar-refractivity contribution in [1.82, 2.24) is 5.32 Å². The maximum atomic E-state index is 13.1. The van der Waals surface area contributed by atoms with Crippen LogP contribution in [0, 0.1) is 0 Å². The Labute approximate surface area is 118 Å². The average molecular weight is 292 g/mol. The van der Waals surface area contributed by atoms with Crippen LogP contribution in [0.1, 0.15) is 22.7 Å². The molecule has 0 spiro atoms. The number of benzene rings is 2. The highest BCUT2D eigenvalue weighted by Gasteiger charge is 2.38. The lowest BCUT2D eigenvalue weighted by molar-refractivity contribution is -0.137. The van der Waals surface area contributed by atoms with Crippen LogP contribution in [0.3, 0.4) is 0 Å². The summed E-state index contributed by atoms with van der Waals surface area (Å²) < 4.78 is 39.2. The molecule has 0 aliphatic carbocycles. The highest BCUT2D eigenvalue weighted by Crippen LogP contribution is 2.41. The molecule has 0 saturated heterocycles. The number of alkyl halides is 3. The first-order valence-corrected chi connectivity index (χ1v) is 6.29. The van der Waals surface area contributed by atoms with E-state index in [9.17, 15) is 18.0 Å². The van der Waals surface area contributed by atoms with Crippen molar-refractivity contribution in [2.45, 2.75) is 12.2 Å². The lowest BCUT2D eigenvalue weighted by Crippen LogP contribution is -2.39. The number of carbonyl (C=O) groups is 1. The van der Waals surface area contributed by atoms with Gasteiger partial charge in [-0.2, -0.15) is 13.2 Å². The van der Waals surface area contributed by atoms with Crippen LogP contribution < -0.4 is 10.6 Å². The SMILES string of the molecule is O=C1Nc2c(cccc2C(F)(F)F)C(c2ccccc2)N1. The quantitative estimate of drug-likeness (QED) is 0.821. The normalized spacial score (nSPS) is 17.7. The number of urea groups is 1. The van der Waals surface area contributed by atoms with Gasteiger partial charge in [-0.05, 0) is 11.6 Å². The molecule has 0 bridgehead atoms. The Hall–Kier alpha value is -2.50. The largest absolute Gasteiger partial charge is 0.418 e. The monoisotopic (exact) mass is 292 g/mol. The van der Waals surface area contributed by atoms with Crippen molar-refractivity contribution in [2.24, 2.45) is 0 Å². The minimum atomic E-state index is -4.52. The standard InChI is InChI=1S/C15H11F3N2O/c16-15(17,18)11-8-4-7-10-12(9-5-2-1-3-6-9)19-14(21)20-13(10)11/h1-8,12H,(H2,19,20,21). The van der Waals surface area contributed by atoms with E-state index in [2.05, 4.69) is 10.6 Å². The second kappa shape index (κ2) is 4.80. The summed E-state index contributed by atoms with van der Waals surface area (Å²) in [5, 5.41) is 4.91. The van der Waals surface area contributed by atoms with E-state index in [1.807, 2.05) is 0 Å². The molecule has 3 nitrogen and oxygen atoms in total. The topological polar surface area (TPSA) is 41.1 Å². The van der Waals surface area contributed by atoms with Crippen LogP contribution in [-0.4, -0.2) is 6.03 Å². The third-order valence-electron chi connectivity index (χ3n) is 3.36. The van der Waals surface area contributed by atoms with Crippen molar-refractivity contribution in [1.29, 1.82) is 0 Å². The maximum absolute atomic E-state index is 13.1. The van der Waals surface area contributed by atoms with Crippen molar-refractivity contribution >= 4 is 11.7 Å². The summed E-state index contributed by atoms with van der Waals surface area (Å²) in [5.74, 6) is 0. The van der Waals surface area contributed by atoms with E-state index in [-0.39, 0.29) is 5.69 Å². The fraction of sp³-hybridized carbons (Fsp3) is 0.133. The van der Waals surface area contributed by atoms with Gasteiger partial charge in [0.2, 0.25) is 0 Å². The number of hydrogen-bond donors (Lipinski definition) is 2. The van der Waals surface area contributed by atoms with Gasteiger partial charge in [0.1, 0.15) is 0 Å². The molecule has 2 aromatic carbocycles. The molecule has 21 heavy (non-hydrogen) atoms. The molecule has 2 N–H and O–H groups in total. The fourth-order valence-corrected chi connectivity index (χ4v) is 2.45. The number of rotatable bonds is 1. The molecule has 1 unspecified atom stereocenters.